The van der Waals surface area contributed by atoms with Crippen LogP contribution in [0.1, 0.15) is 77.0 Å². The smallest absolute Gasteiger partial charge is 0.305 e. The third-order valence-electron chi connectivity index (χ3n) is 4.41. The molecular weight excluding hydrogens is 268 g/mol. The van der Waals surface area contributed by atoms with Crippen LogP contribution in [0.2, 0.25) is 0 Å². The fourth-order valence-electron chi connectivity index (χ4n) is 3.22. The van der Waals surface area contributed by atoms with Gasteiger partial charge in [-0.3, -0.25) is 9.59 Å². The van der Waals surface area contributed by atoms with Gasteiger partial charge < -0.3 is 9.47 Å². The molecule has 0 saturated carbocycles. The van der Waals surface area contributed by atoms with Crippen molar-refractivity contribution in [2.24, 2.45) is 0 Å². The number of ether oxygens (including phenoxy) is 2. The topological polar surface area (TPSA) is 52.6 Å². The highest BCUT2D eigenvalue weighted by Gasteiger charge is 2.24. The molecule has 2 aliphatic rings. The molecule has 4 nitrogen and oxygen atoms in total. The van der Waals surface area contributed by atoms with E-state index in [4.69, 9.17) is 9.47 Å². The monoisotopic (exact) mass is 296 g/mol. The molecule has 2 saturated heterocycles. The first-order valence-corrected chi connectivity index (χ1v) is 8.57. The second kappa shape index (κ2) is 9.19. The maximum Gasteiger partial charge on any atom is 0.305 e. The van der Waals surface area contributed by atoms with Gasteiger partial charge in [-0.1, -0.05) is 19.3 Å². The predicted octanol–water partition coefficient (Wildman–Crippen LogP) is 3.56. The quantitative estimate of drug-likeness (QED) is 0.641. The lowest BCUT2D eigenvalue weighted by Gasteiger charge is -2.30. The normalized spacial score (nSPS) is 30.7. The number of hydrogen-bond donors (Lipinski definition) is 0. The Kier molecular flexibility index (Phi) is 7.20. The van der Waals surface area contributed by atoms with Crippen LogP contribution in [0.15, 0.2) is 0 Å². The molecule has 2 heterocycles. The van der Waals surface area contributed by atoms with Crippen molar-refractivity contribution in [3.05, 3.63) is 0 Å². The summed E-state index contributed by atoms with van der Waals surface area (Å²) in [5.41, 5.74) is 0. The van der Waals surface area contributed by atoms with Crippen LogP contribution in [0, 0.1) is 0 Å². The summed E-state index contributed by atoms with van der Waals surface area (Å²) in [6.07, 6.45) is 11.2. The van der Waals surface area contributed by atoms with Crippen LogP contribution in [0.5, 0.6) is 0 Å². The van der Waals surface area contributed by atoms with Crippen LogP contribution in [0.3, 0.4) is 0 Å². The first kappa shape index (κ1) is 16.5. The Morgan fingerprint density at radius 3 is 2.43 bits per heavy atom. The molecule has 4 heteroatoms. The van der Waals surface area contributed by atoms with Gasteiger partial charge in [0.25, 0.3) is 0 Å². The lowest BCUT2D eigenvalue weighted by Crippen LogP contribution is -2.29. The molecule has 2 fully saturated rings. The molecule has 2 rings (SSSR count). The minimum absolute atomic E-state index is 0.108. The van der Waals surface area contributed by atoms with Gasteiger partial charge in [0.05, 0.1) is 18.8 Å². The van der Waals surface area contributed by atoms with Crippen LogP contribution >= 0.6 is 0 Å². The van der Waals surface area contributed by atoms with Gasteiger partial charge in [0.15, 0.2) is 0 Å². The van der Waals surface area contributed by atoms with Gasteiger partial charge in [0.2, 0.25) is 0 Å². The van der Waals surface area contributed by atoms with Gasteiger partial charge in [0, 0.05) is 19.3 Å². The number of carbonyl (C=O) groups excluding carboxylic acids is 2. The van der Waals surface area contributed by atoms with E-state index < -0.39 is 0 Å². The zero-order valence-electron chi connectivity index (χ0n) is 13.0. The zero-order chi connectivity index (χ0) is 14.9. The fourth-order valence-corrected chi connectivity index (χ4v) is 3.22. The van der Waals surface area contributed by atoms with Crippen molar-refractivity contribution in [1.29, 1.82) is 0 Å². The number of hydrogen-bond acceptors (Lipinski definition) is 4. The molecule has 21 heavy (non-hydrogen) atoms. The van der Waals surface area contributed by atoms with Crippen LogP contribution in [-0.4, -0.2) is 30.6 Å². The second-order valence-electron chi connectivity index (χ2n) is 6.33. The number of cyclic esters (lactones) is 1. The lowest BCUT2D eigenvalue weighted by molar-refractivity contribution is -0.143. The molecule has 0 spiro atoms. The van der Waals surface area contributed by atoms with Crippen LogP contribution in [0.25, 0.3) is 0 Å². The number of ketones is 1. The van der Waals surface area contributed by atoms with Crippen molar-refractivity contribution < 1.29 is 19.1 Å². The summed E-state index contributed by atoms with van der Waals surface area (Å²) >= 11 is 0. The predicted molar refractivity (Wildman–Crippen MR) is 80.0 cm³/mol. The Hall–Kier alpha value is -0.900. The Bertz CT molecular complexity index is 340. The molecular formula is C17H28O4. The van der Waals surface area contributed by atoms with E-state index in [0.717, 1.165) is 32.1 Å². The highest BCUT2D eigenvalue weighted by atomic mass is 16.5. The van der Waals surface area contributed by atoms with Gasteiger partial charge >= 0.3 is 5.97 Å². The standard InChI is InChI=1S/C17H28O4/c18-14-7-5-11-17(19)20-12-4-2-1-3-8-15-9-6-10-16(13-14)21-15/h15-16H,1-13H2/t15-,16-/m1/s1. The van der Waals surface area contributed by atoms with E-state index in [2.05, 4.69) is 0 Å². The summed E-state index contributed by atoms with van der Waals surface area (Å²) in [4.78, 5) is 23.4. The summed E-state index contributed by atoms with van der Waals surface area (Å²) in [7, 11) is 0. The Morgan fingerprint density at radius 1 is 0.762 bits per heavy atom. The zero-order valence-corrected chi connectivity index (χ0v) is 13.0. The summed E-state index contributed by atoms with van der Waals surface area (Å²) in [5, 5.41) is 0. The van der Waals surface area contributed by atoms with E-state index in [0.29, 0.717) is 38.4 Å². The van der Waals surface area contributed by atoms with Crippen molar-refractivity contribution in [1.82, 2.24) is 0 Å². The molecule has 120 valence electrons. The van der Waals surface area contributed by atoms with Crippen LogP contribution < -0.4 is 0 Å². The number of carbonyl (C=O) groups is 2. The average molecular weight is 296 g/mol. The molecule has 2 bridgehead atoms. The van der Waals surface area contributed by atoms with Gasteiger partial charge in [-0.2, -0.15) is 0 Å². The Balaban J connectivity index is 1.82. The summed E-state index contributed by atoms with van der Waals surface area (Å²) in [6.45, 7) is 0.523. The molecule has 2 aliphatic heterocycles. The van der Waals surface area contributed by atoms with E-state index in [9.17, 15) is 9.59 Å². The largest absolute Gasteiger partial charge is 0.466 e. The van der Waals surface area contributed by atoms with Gasteiger partial charge in [-0.25, -0.2) is 0 Å². The lowest BCUT2D eigenvalue weighted by atomic mass is 9.96. The summed E-state index contributed by atoms with van der Waals surface area (Å²) < 4.78 is 11.2. The third kappa shape index (κ3) is 6.60. The number of rotatable bonds is 0. The first-order valence-electron chi connectivity index (χ1n) is 8.57. The van der Waals surface area contributed by atoms with Gasteiger partial charge in [-0.15, -0.1) is 0 Å². The number of esters is 1. The number of fused-ring (bicyclic) bond motifs is 2. The summed E-state index contributed by atoms with van der Waals surface area (Å²) in [6, 6.07) is 0. The van der Waals surface area contributed by atoms with Crippen LogP contribution in [-0.2, 0) is 19.1 Å². The van der Waals surface area contributed by atoms with E-state index in [1.54, 1.807) is 0 Å². The molecule has 0 aromatic carbocycles. The highest BCUT2D eigenvalue weighted by molar-refractivity contribution is 5.79. The maximum absolute atomic E-state index is 12.0. The molecule has 0 N–H and O–H groups in total. The van der Waals surface area contributed by atoms with Crippen molar-refractivity contribution in [2.45, 2.75) is 89.3 Å². The third-order valence-corrected chi connectivity index (χ3v) is 4.41. The van der Waals surface area contributed by atoms with Crippen LogP contribution in [0.4, 0.5) is 0 Å². The molecule has 0 unspecified atom stereocenters. The van der Waals surface area contributed by atoms with Gasteiger partial charge in [0.1, 0.15) is 5.78 Å². The average Bonchev–Trinajstić information content (AvgIpc) is 2.45. The molecule has 2 atom stereocenters. The summed E-state index contributed by atoms with van der Waals surface area (Å²) in [5.74, 6) is 0.0596. The minimum atomic E-state index is -0.163. The highest BCUT2D eigenvalue weighted by Crippen LogP contribution is 2.25. The van der Waals surface area contributed by atoms with Crippen molar-refractivity contribution >= 4 is 11.8 Å². The van der Waals surface area contributed by atoms with Crippen molar-refractivity contribution in [3.8, 4) is 0 Å². The SMILES string of the molecule is O=C1CCCC(=O)OCCCCCC[C@@H]2CCC[C@H](C1)O2. The van der Waals surface area contributed by atoms with Crippen molar-refractivity contribution in [2.75, 3.05) is 6.61 Å². The van der Waals surface area contributed by atoms with E-state index in [1.165, 1.54) is 19.3 Å². The first-order chi connectivity index (χ1) is 10.2. The van der Waals surface area contributed by atoms with E-state index in [-0.39, 0.29) is 17.9 Å². The van der Waals surface area contributed by atoms with Gasteiger partial charge in [-0.05, 0) is 38.5 Å². The van der Waals surface area contributed by atoms with E-state index >= 15 is 0 Å². The molecule has 0 aliphatic carbocycles. The molecule has 0 aromatic heterocycles. The second-order valence-corrected chi connectivity index (χ2v) is 6.33. The Morgan fingerprint density at radius 2 is 1.52 bits per heavy atom. The molecule has 0 amide bonds. The Labute approximate surface area is 127 Å². The minimum Gasteiger partial charge on any atom is -0.466 e. The fraction of sp³-hybridized carbons (Fsp3) is 0.882. The molecule has 0 radical (unpaired) electrons. The maximum atomic E-state index is 12.0. The van der Waals surface area contributed by atoms with Crippen molar-refractivity contribution in [3.63, 3.8) is 0 Å². The molecule has 0 aromatic rings. The van der Waals surface area contributed by atoms with E-state index in [1.807, 2.05) is 0 Å². The number of Topliss-reactive ketones (excluding diaryl/α,β-unsaturated/α-hetero) is 1.